The Labute approximate surface area is 178 Å². The fraction of sp³-hybridized carbons (Fsp3) is 0.167. The highest BCUT2D eigenvalue weighted by Crippen LogP contribution is 2.37. The number of pyridine rings is 1. The average molecular weight is 465 g/mol. The molecule has 0 aliphatic carbocycles. The number of rotatable bonds is 6. The molecule has 30 heavy (non-hydrogen) atoms. The van der Waals surface area contributed by atoms with Gasteiger partial charge in [-0.1, -0.05) is 23.2 Å². The molecule has 1 N–H and O–H groups in total. The first kappa shape index (κ1) is 23.3. The lowest BCUT2D eigenvalue weighted by molar-refractivity contribution is -0.138. The molecule has 0 atom stereocenters. The predicted molar refractivity (Wildman–Crippen MR) is 102 cm³/mol. The molecule has 1 aromatic carbocycles. The van der Waals surface area contributed by atoms with Crippen molar-refractivity contribution in [2.24, 2.45) is 0 Å². The molecule has 0 bridgehead atoms. The van der Waals surface area contributed by atoms with E-state index in [4.69, 9.17) is 27.9 Å². The number of carbonyl (C=O) groups excluding carboxylic acids is 2. The number of esters is 2. The summed E-state index contributed by atoms with van der Waals surface area (Å²) in [5.74, 6) is -1.88. The zero-order valence-corrected chi connectivity index (χ0v) is 16.9. The number of aromatic nitrogens is 1. The van der Waals surface area contributed by atoms with Crippen molar-refractivity contribution in [1.82, 2.24) is 4.98 Å². The van der Waals surface area contributed by atoms with E-state index in [9.17, 15) is 22.8 Å². The van der Waals surface area contributed by atoms with Crippen LogP contribution in [0.15, 0.2) is 42.2 Å². The normalized spacial score (nSPS) is 11.6. The second kappa shape index (κ2) is 9.68. The van der Waals surface area contributed by atoms with Crippen molar-refractivity contribution in [3.63, 3.8) is 0 Å². The highest BCUT2D eigenvalue weighted by molar-refractivity contribution is 6.33. The SMILES string of the molecule is COC(=O)/C=C(/Nc1ccc(Oc2ncc(C(F)(F)F)cc2Cl)c(Cl)c1)C(=O)OC. The number of halogens is 5. The minimum Gasteiger partial charge on any atom is -0.466 e. The van der Waals surface area contributed by atoms with E-state index in [0.29, 0.717) is 12.3 Å². The Morgan fingerprint density at radius 1 is 1.10 bits per heavy atom. The molecule has 7 nitrogen and oxygen atoms in total. The molecule has 12 heteroatoms. The third-order valence-corrected chi connectivity index (χ3v) is 3.99. The van der Waals surface area contributed by atoms with Crippen LogP contribution in [0.2, 0.25) is 10.0 Å². The molecule has 0 unspecified atom stereocenters. The standard InChI is InChI=1S/C18H13Cl2F3N2O5/c1-28-15(26)7-13(17(27)29-2)25-10-3-4-14(11(19)6-10)30-16-12(20)5-9(8-24-16)18(21,22)23/h3-8,25H,1-2H3/b13-7+. The van der Waals surface area contributed by atoms with Gasteiger partial charge in [0.25, 0.3) is 0 Å². The molecule has 0 saturated heterocycles. The average Bonchev–Trinajstić information content (AvgIpc) is 2.69. The zero-order chi connectivity index (χ0) is 22.5. The van der Waals surface area contributed by atoms with Gasteiger partial charge in [0, 0.05) is 11.9 Å². The number of hydrogen-bond acceptors (Lipinski definition) is 7. The molecular formula is C18H13Cl2F3N2O5. The number of alkyl halides is 3. The van der Waals surface area contributed by atoms with Crippen molar-refractivity contribution in [2.45, 2.75) is 6.18 Å². The predicted octanol–water partition coefficient (Wildman–Crippen LogP) is 4.84. The number of benzene rings is 1. The lowest BCUT2D eigenvalue weighted by Gasteiger charge is -2.13. The molecule has 2 aromatic rings. The number of nitrogens with zero attached hydrogens (tertiary/aromatic N) is 1. The highest BCUT2D eigenvalue weighted by atomic mass is 35.5. The fourth-order valence-electron chi connectivity index (χ4n) is 2.01. The maximum absolute atomic E-state index is 12.7. The van der Waals surface area contributed by atoms with Crippen LogP contribution in [0, 0.1) is 0 Å². The number of nitrogens with one attached hydrogen (secondary N) is 1. The van der Waals surface area contributed by atoms with Gasteiger partial charge in [-0.15, -0.1) is 0 Å². The molecule has 0 aliphatic heterocycles. The summed E-state index contributed by atoms with van der Waals surface area (Å²) in [5.41, 5.74) is -0.973. The van der Waals surface area contributed by atoms with Gasteiger partial charge in [0.05, 0.1) is 30.9 Å². The van der Waals surface area contributed by atoms with Gasteiger partial charge in [-0.2, -0.15) is 13.2 Å². The Morgan fingerprint density at radius 3 is 2.33 bits per heavy atom. The second-order valence-corrected chi connectivity index (χ2v) is 6.27. The first-order valence-electron chi connectivity index (χ1n) is 7.90. The molecule has 0 saturated carbocycles. The van der Waals surface area contributed by atoms with Crippen molar-refractivity contribution >= 4 is 40.8 Å². The topological polar surface area (TPSA) is 86.8 Å². The van der Waals surface area contributed by atoms with Crippen LogP contribution in [-0.4, -0.2) is 31.1 Å². The van der Waals surface area contributed by atoms with E-state index in [0.717, 1.165) is 20.3 Å². The third kappa shape index (κ3) is 6.01. The van der Waals surface area contributed by atoms with Crippen molar-refractivity contribution in [1.29, 1.82) is 0 Å². The van der Waals surface area contributed by atoms with Crippen molar-refractivity contribution in [3.05, 3.63) is 57.8 Å². The molecule has 1 heterocycles. The van der Waals surface area contributed by atoms with Gasteiger partial charge < -0.3 is 19.5 Å². The van der Waals surface area contributed by atoms with Crippen LogP contribution in [0.4, 0.5) is 18.9 Å². The van der Waals surface area contributed by atoms with Crippen LogP contribution in [0.5, 0.6) is 11.6 Å². The smallest absolute Gasteiger partial charge is 0.417 e. The van der Waals surface area contributed by atoms with Crippen molar-refractivity contribution in [3.8, 4) is 11.6 Å². The van der Waals surface area contributed by atoms with E-state index in [2.05, 4.69) is 19.8 Å². The molecule has 0 radical (unpaired) electrons. The first-order valence-corrected chi connectivity index (χ1v) is 8.66. The molecule has 160 valence electrons. The van der Waals surface area contributed by atoms with E-state index < -0.39 is 23.7 Å². The molecule has 0 spiro atoms. The fourth-order valence-corrected chi connectivity index (χ4v) is 2.43. The molecule has 0 amide bonds. The summed E-state index contributed by atoms with van der Waals surface area (Å²) in [4.78, 5) is 26.7. The lowest BCUT2D eigenvalue weighted by atomic mass is 10.2. The Morgan fingerprint density at radius 2 is 1.80 bits per heavy atom. The molecule has 1 aromatic heterocycles. The number of hydrogen-bond donors (Lipinski definition) is 1. The minimum absolute atomic E-state index is 0.0139. The van der Waals surface area contributed by atoms with Gasteiger partial charge in [0.2, 0.25) is 5.88 Å². The largest absolute Gasteiger partial charge is 0.466 e. The van der Waals surface area contributed by atoms with Crippen LogP contribution < -0.4 is 10.1 Å². The Bertz CT molecular complexity index is 996. The minimum atomic E-state index is -4.60. The summed E-state index contributed by atoms with van der Waals surface area (Å²) < 4.78 is 52.5. The Kier molecular flexibility index (Phi) is 7.52. The Hall–Kier alpha value is -2.98. The highest BCUT2D eigenvalue weighted by Gasteiger charge is 2.32. The van der Waals surface area contributed by atoms with Gasteiger partial charge in [0.1, 0.15) is 16.5 Å². The van der Waals surface area contributed by atoms with Crippen LogP contribution >= 0.6 is 23.2 Å². The second-order valence-electron chi connectivity index (χ2n) is 5.45. The zero-order valence-electron chi connectivity index (χ0n) is 15.3. The summed E-state index contributed by atoms with van der Waals surface area (Å²) in [6.07, 6.45) is -3.14. The lowest BCUT2D eigenvalue weighted by Crippen LogP contribution is -2.15. The van der Waals surface area contributed by atoms with Gasteiger partial charge in [-0.25, -0.2) is 14.6 Å². The number of anilines is 1. The van der Waals surface area contributed by atoms with Crippen LogP contribution in [0.25, 0.3) is 0 Å². The monoisotopic (exact) mass is 464 g/mol. The summed E-state index contributed by atoms with van der Waals surface area (Å²) in [5, 5.41) is 2.29. The molecule has 0 fully saturated rings. The molecular weight excluding hydrogens is 452 g/mol. The molecule has 0 aliphatic rings. The van der Waals surface area contributed by atoms with Gasteiger partial charge >= 0.3 is 18.1 Å². The molecule has 2 rings (SSSR count). The quantitative estimate of drug-likeness (QED) is 0.483. The maximum Gasteiger partial charge on any atom is 0.417 e. The summed E-state index contributed by atoms with van der Waals surface area (Å²) in [7, 11) is 2.26. The van der Waals surface area contributed by atoms with Crippen molar-refractivity contribution < 1.29 is 37.0 Å². The van der Waals surface area contributed by atoms with Gasteiger partial charge in [-0.05, 0) is 24.3 Å². The van der Waals surface area contributed by atoms with Crippen molar-refractivity contribution in [2.75, 3.05) is 19.5 Å². The maximum atomic E-state index is 12.7. The van der Waals surface area contributed by atoms with E-state index in [1.165, 1.54) is 18.2 Å². The van der Waals surface area contributed by atoms with E-state index >= 15 is 0 Å². The van der Waals surface area contributed by atoms with E-state index in [1.807, 2.05) is 0 Å². The van der Waals surface area contributed by atoms with Crippen LogP contribution in [0.3, 0.4) is 0 Å². The number of ether oxygens (including phenoxy) is 3. The first-order chi connectivity index (χ1) is 14.0. The summed E-state index contributed by atoms with van der Waals surface area (Å²) in [6.45, 7) is 0. The van der Waals surface area contributed by atoms with E-state index in [1.54, 1.807) is 0 Å². The van der Waals surface area contributed by atoms with Gasteiger partial charge in [-0.3, -0.25) is 0 Å². The van der Waals surface area contributed by atoms with E-state index in [-0.39, 0.29) is 33.1 Å². The summed E-state index contributed by atoms with van der Waals surface area (Å²) >= 11 is 11.9. The number of methoxy groups -OCH3 is 2. The third-order valence-electron chi connectivity index (χ3n) is 3.42. The van der Waals surface area contributed by atoms with Gasteiger partial charge in [0.15, 0.2) is 0 Å². The number of carbonyl (C=O) groups is 2. The summed E-state index contributed by atoms with van der Waals surface area (Å²) in [6, 6.07) is 4.79. The van der Waals surface area contributed by atoms with Crippen LogP contribution in [-0.2, 0) is 25.2 Å². The van der Waals surface area contributed by atoms with Crippen LogP contribution in [0.1, 0.15) is 5.56 Å². The Balaban J connectivity index is 2.24.